The summed E-state index contributed by atoms with van der Waals surface area (Å²) in [5, 5.41) is 6.30. The molecule has 0 radical (unpaired) electrons. The van der Waals surface area contributed by atoms with E-state index in [2.05, 4.69) is 20.6 Å². The lowest BCUT2D eigenvalue weighted by atomic mass is 9.95. The third-order valence-electron chi connectivity index (χ3n) is 4.52. The highest BCUT2D eigenvalue weighted by Crippen LogP contribution is 2.27. The van der Waals surface area contributed by atoms with Gasteiger partial charge in [-0.15, -0.1) is 0 Å². The summed E-state index contributed by atoms with van der Waals surface area (Å²) in [7, 11) is 0. The monoisotopic (exact) mass is 368 g/mol. The van der Waals surface area contributed by atoms with E-state index in [0.717, 1.165) is 30.0 Å². The van der Waals surface area contributed by atoms with Gasteiger partial charge >= 0.3 is 0 Å². The molecule has 0 spiro atoms. The van der Waals surface area contributed by atoms with Crippen LogP contribution in [-0.2, 0) is 0 Å². The first-order valence-electron chi connectivity index (χ1n) is 9.70. The molecule has 1 saturated carbocycles. The smallest absolute Gasteiger partial charge is 0.270 e. The number of anilines is 2. The van der Waals surface area contributed by atoms with Crippen molar-refractivity contribution in [3.63, 3.8) is 0 Å². The van der Waals surface area contributed by atoms with Crippen molar-refractivity contribution < 1.29 is 9.53 Å². The molecule has 1 heterocycles. The molecule has 27 heavy (non-hydrogen) atoms. The fraction of sp³-hybridized carbons (Fsp3) is 0.476. The second-order valence-corrected chi connectivity index (χ2v) is 7.31. The molecule has 6 nitrogen and oxygen atoms in total. The van der Waals surface area contributed by atoms with Crippen molar-refractivity contribution in [2.75, 3.05) is 5.32 Å². The maximum absolute atomic E-state index is 12.6. The highest BCUT2D eigenvalue weighted by Gasteiger charge is 2.18. The number of para-hydroxylation sites is 2. The van der Waals surface area contributed by atoms with Crippen LogP contribution in [0.2, 0.25) is 0 Å². The van der Waals surface area contributed by atoms with Gasteiger partial charge in [-0.05, 0) is 51.8 Å². The Bertz CT molecular complexity index is 786. The molecule has 1 aromatic carbocycles. The van der Waals surface area contributed by atoms with Gasteiger partial charge in [-0.3, -0.25) is 4.79 Å². The normalized spacial score (nSPS) is 14.8. The number of rotatable bonds is 6. The van der Waals surface area contributed by atoms with E-state index in [1.165, 1.54) is 19.3 Å². The molecule has 0 aliphatic heterocycles. The summed E-state index contributed by atoms with van der Waals surface area (Å²) in [5.41, 5.74) is 1.90. The lowest BCUT2D eigenvalue weighted by Gasteiger charge is -2.22. The van der Waals surface area contributed by atoms with E-state index in [1.807, 2.05) is 45.0 Å². The summed E-state index contributed by atoms with van der Waals surface area (Å²) in [6, 6.07) is 9.61. The molecule has 0 saturated heterocycles. The Hall–Kier alpha value is -2.63. The molecule has 1 aliphatic carbocycles. The van der Waals surface area contributed by atoms with Crippen molar-refractivity contribution in [2.45, 2.75) is 65.0 Å². The van der Waals surface area contributed by atoms with Crippen molar-refractivity contribution in [3.05, 3.63) is 41.7 Å². The van der Waals surface area contributed by atoms with Crippen LogP contribution in [0.15, 0.2) is 30.3 Å². The zero-order valence-electron chi connectivity index (χ0n) is 16.3. The fourth-order valence-corrected chi connectivity index (χ4v) is 3.29. The van der Waals surface area contributed by atoms with Crippen LogP contribution in [0.1, 0.15) is 62.1 Å². The zero-order chi connectivity index (χ0) is 19.2. The second kappa shape index (κ2) is 8.84. The van der Waals surface area contributed by atoms with Crippen molar-refractivity contribution >= 4 is 17.5 Å². The molecule has 6 heteroatoms. The lowest BCUT2D eigenvalue weighted by Crippen LogP contribution is -2.36. The Morgan fingerprint density at radius 1 is 1.15 bits per heavy atom. The zero-order valence-corrected chi connectivity index (χ0v) is 16.3. The van der Waals surface area contributed by atoms with Crippen molar-refractivity contribution in [1.29, 1.82) is 0 Å². The standard InChI is InChI=1S/C21H28N4O2/c1-14(2)27-19-12-8-7-11-17(19)24-21-22-15(3)13-18(25-21)20(26)23-16-9-5-4-6-10-16/h7-8,11-14,16H,4-6,9-10H2,1-3H3,(H,23,26)(H,22,24,25). The molecule has 1 aromatic heterocycles. The first-order valence-corrected chi connectivity index (χ1v) is 9.70. The maximum Gasteiger partial charge on any atom is 0.270 e. The van der Waals surface area contributed by atoms with E-state index in [-0.39, 0.29) is 18.1 Å². The minimum Gasteiger partial charge on any atom is -0.489 e. The largest absolute Gasteiger partial charge is 0.489 e. The van der Waals surface area contributed by atoms with Gasteiger partial charge in [-0.2, -0.15) is 0 Å². The third-order valence-corrected chi connectivity index (χ3v) is 4.52. The molecular formula is C21H28N4O2. The summed E-state index contributed by atoms with van der Waals surface area (Å²) in [6.45, 7) is 5.82. The molecule has 144 valence electrons. The molecule has 0 bridgehead atoms. The van der Waals surface area contributed by atoms with Gasteiger partial charge < -0.3 is 15.4 Å². The number of hydrogen-bond donors (Lipinski definition) is 2. The number of benzene rings is 1. The van der Waals surface area contributed by atoms with Gasteiger partial charge in [0.05, 0.1) is 11.8 Å². The van der Waals surface area contributed by atoms with Crippen molar-refractivity contribution in [1.82, 2.24) is 15.3 Å². The number of ether oxygens (including phenoxy) is 1. The van der Waals surface area contributed by atoms with Gasteiger partial charge in [0, 0.05) is 11.7 Å². The Labute approximate surface area is 160 Å². The molecule has 0 unspecified atom stereocenters. The minimum absolute atomic E-state index is 0.0585. The first-order chi connectivity index (χ1) is 13.0. The fourth-order valence-electron chi connectivity index (χ4n) is 3.29. The number of carbonyl (C=O) groups is 1. The molecule has 1 aliphatic rings. The topological polar surface area (TPSA) is 76.1 Å². The first kappa shape index (κ1) is 19.1. The number of aryl methyl sites for hydroxylation is 1. The molecule has 2 aromatic rings. The predicted molar refractivity (Wildman–Crippen MR) is 107 cm³/mol. The third kappa shape index (κ3) is 5.42. The van der Waals surface area contributed by atoms with E-state index < -0.39 is 0 Å². The molecule has 0 atom stereocenters. The molecular weight excluding hydrogens is 340 g/mol. The van der Waals surface area contributed by atoms with Gasteiger partial charge in [0.2, 0.25) is 5.95 Å². The molecule has 2 N–H and O–H groups in total. The Kier molecular flexibility index (Phi) is 6.27. The van der Waals surface area contributed by atoms with Gasteiger partial charge in [0.25, 0.3) is 5.91 Å². The number of carbonyl (C=O) groups excluding carboxylic acids is 1. The van der Waals surface area contributed by atoms with Crippen LogP contribution in [0.5, 0.6) is 5.75 Å². The Balaban J connectivity index is 1.76. The number of hydrogen-bond acceptors (Lipinski definition) is 5. The summed E-state index contributed by atoms with van der Waals surface area (Å²) in [5.74, 6) is 0.983. The summed E-state index contributed by atoms with van der Waals surface area (Å²) in [4.78, 5) is 21.5. The Morgan fingerprint density at radius 3 is 2.63 bits per heavy atom. The van der Waals surface area contributed by atoms with Crippen LogP contribution in [0.4, 0.5) is 11.6 Å². The quantitative estimate of drug-likeness (QED) is 0.791. The Morgan fingerprint density at radius 2 is 1.89 bits per heavy atom. The highest BCUT2D eigenvalue weighted by molar-refractivity contribution is 5.93. The highest BCUT2D eigenvalue weighted by atomic mass is 16.5. The van der Waals surface area contributed by atoms with Crippen molar-refractivity contribution in [3.8, 4) is 5.75 Å². The van der Waals surface area contributed by atoms with Crippen LogP contribution < -0.4 is 15.4 Å². The number of nitrogens with zero attached hydrogens (tertiary/aromatic N) is 2. The van der Waals surface area contributed by atoms with E-state index in [1.54, 1.807) is 6.07 Å². The van der Waals surface area contributed by atoms with Crippen LogP contribution in [-0.4, -0.2) is 28.0 Å². The SMILES string of the molecule is Cc1cc(C(=O)NC2CCCCC2)nc(Nc2ccccc2OC(C)C)n1. The van der Waals surface area contributed by atoms with E-state index in [0.29, 0.717) is 11.6 Å². The van der Waals surface area contributed by atoms with Crippen LogP contribution in [0, 0.1) is 6.92 Å². The average molecular weight is 368 g/mol. The summed E-state index contributed by atoms with van der Waals surface area (Å²) in [6.07, 6.45) is 5.75. The minimum atomic E-state index is -0.137. The van der Waals surface area contributed by atoms with E-state index in [9.17, 15) is 4.79 Å². The van der Waals surface area contributed by atoms with Gasteiger partial charge in [-0.25, -0.2) is 9.97 Å². The molecule has 3 rings (SSSR count). The second-order valence-electron chi connectivity index (χ2n) is 7.31. The van der Waals surface area contributed by atoms with Gasteiger partial charge in [0.1, 0.15) is 11.4 Å². The molecule has 1 amide bonds. The van der Waals surface area contributed by atoms with Crippen molar-refractivity contribution in [2.24, 2.45) is 0 Å². The summed E-state index contributed by atoms with van der Waals surface area (Å²) < 4.78 is 5.83. The predicted octanol–water partition coefficient (Wildman–Crippen LogP) is 4.38. The van der Waals surface area contributed by atoms with E-state index >= 15 is 0 Å². The molecule has 1 fully saturated rings. The van der Waals surface area contributed by atoms with Gasteiger partial charge in [0.15, 0.2) is 0 Å². The maximum atomic E-state index is 12.6. The average Bonchev–Trinajstić information content (AvgIpc) is 2.63. The van der Waals surface area contributed by atoms with Gasteiger partial charge in [-0.1, -0.05) is 31.4 Å². The number of nitrogens with one attached hydrogen (secondary N) is 2. The van der Waals surface area contributed by atoms with Crippen LogP contribution in [0.25, 0.3) is 0 Å². The lowest BCUT2D eigenvalue weighted by molar-refractivity contribution is 0.0922. The number of aromatic nitrogens is 2. The van der Waals surface area contributed by atoms with E-state index in [4.69, 9.17) is 4.74 Å². The van der Waals surface area contributed by atoms with Crippen LogP contribution >= 0.6 is 0 Å². The summed E-state index contributed by atoms with van der Waals surface area (Å²) >= 11 is 0. The van der Waals surface area contributed by atoms with Crippen LogP contribution in [0.3, 0.4) is 0 Å². The number of amides is 1.